The predicted octanol–water partition coefficient (Wildman–Crippen LogP) is 1.47. The molecule has 2 N–H and O–H groups in total. The molecule has 0 aliphatic rings. The highest BCUT2D eigenvalue weighted by Crippen LogP contribution is 2.14. The van der Waals surface area contributed by atoms with Gasteiger partial charge in [-0.25, -0.2) is 0 Å². The number of hydrogen-bond acceptors (Lipinski definition) is 3. The van der Waals surface area contributed by atoms with Crippen LogP contribution in [-0.4, -0.2) is 25.6 Å². The van der Waals surface area contributed by atoms with Crippen molar-refractivity contribution in [2.75, 3.05) is 0 Å². The van der Waals surface area contributed by atoms with Crippen LogP contribution in [-0.2, 0) is 12.8 Å². The van der Waals surface area contributed by atoms with E-state index in [0.717, 1.165) is 29.4 Å². The van der Waals surface area contributed by atoms with Crippen molar-refractivity contribution in [3.63, 3.8) is 0 Å². The third kappa shape index (κ3) is 1.67. The first-order valence-electron chi connectivity index (χ1n) is 5.18. The molecule has 5 nitrogen and oxygen atoms in total. The van der Waals surface area contributed by atoms with E-state index in [4.69, 9.17) is 0 Å². The van der Waals surface area contributed by atoms with E-state index in [0.29, 0.717) is 0 Å². The molecule has 2 heterocycles. The Kier molecular flexibility index (Phi) is 2.14. The van der Waals surface area contributed by atoms with E-state index in [9.17, 15) is 0 Å². The number of aryl methyl sites for hydroxylation is 2. The van der Waals surface area contributed by atoms with Crippen LogP contribution in [0.3, 0.4) is 0 Å². The van der Waals surface area contributed by atoms with Gasteiger partial charge < -0.3 is 0 Å². The lowest BCUT2D eigenvalue weighted by atomic mass is 10.1. The van der Waals surface area contributed by atoms with Gasteiger partial charge in [0.15, 0.2) is 0 Å². The summed E-state index contributed by atoms with van der Waals surface area (Å²) in [6.45, 7) is 0. The van der Waals surface area contributed by atoms with E-state index in [2.05, 4.69) is 43.8 Å². The molecule has 5 heteroatoms. The first kappa shape index (κ1) is 9.08. The van der Waals surface area contributed by atoms with Crippen molar-refractivity contribution < 1.29 is 0 Å². The average molecular weight is 213 g/mol. The number of benzene rings is 1. The highest BCUT2D eigenvalue weighted by atomic mass is 15.3. The van der Waals surface area contributed by atoms with Gasteiger partial charge in [0.2, 0.25) is 0 Å². The summed E-state index contributed by atoms with van der Waals surface area (Å²) < 4.78 is 0. The molecule has 3 rings (SSSR count). The monoisotopic (exact) mass is 213 g/mol. The first-order chi connectivity index (χ1) is 7.92. The van der Waals surface area contributed by atoms with Crippen LogP contribution in [0, 0.1) is 0 Å². The van der Waals surface area contributed by atoms with Crippen molar-refractivity contribution in [2.24, 2.45) is 0 Å². The third-order valence-corrected chi connectivity index (χ3v) is 2.64. The molecular weight excluding hydrogens is 202 g/mol. The molecule has 0 atom stereocenters. The topological polar surface area (TPSA) is 70.2 Å². The van der Waals surface area contributed by atoms with E-state index >= 15 is 0 Å². The van der Waals surface area contributed by atoms with Gasteiger partial charge in [-0.2, -0.15) is 20.5 Å². The minimum Gasteiger partial charge on any atom is -0.278 e. The van der Waals surface area contributed by atoms with Crippen molar-refractivity contribution in [1.29, 1.82) is 0 Å². The molecule has 0 unspecified atom stereocenters. The van der Waals surface area contributed by atoms with Gasteiger partial charge in [0.1, 0.15) is 0 Å². The van der Waals surface area contributed by atoms with Crippen LogP contribution in [0.5, 0.6) is 0 Å². The Labute approximate surface area is 91.9 Å². The van der Waals surface area contributed by atoms with Gasteiger partial charge in [-0.15, -0.1) is 0 Å². The molecule has 0 aliphatic heterocycles. The van der Waals surface area contributed by atoms with Gasteiger partial charge in [-0.05, 0) is 30.5 Å². The summed E-state index contributed by atoms with van der Waals surface area (Å²) in [5.41, 5.74) is 3.36. The van der Waals surface area contributed by atoms with Gasteiger partial charge in [0, 0.05) is 5.39 Å². The molecular formula is C11H11N5. The van der Waals surface area contributed by atoms with Gasteiger partial charge >= 0.3 is 0 Å². The van der Waals surface area contributed by atoms with Crippen molar-refractivity contribution >= 4 is 10.9 Å². The second kappa shape index (κ2) is 3.77. The predicted molar refractivity (Wildman–Crippen MR) is 59.9 cm³/mol. The Hall–Kier alpha value is -2.17. The molecule has 2 aromatic heterocycles. The highest BCUT2D eigenvalue weighted by molar-refractivity contribution is 5.78. The summed E-state index contributed by atoms with van der Waals surface area (Å²) in [6.07, 6.45) is 5.47. The second-order valence-corrected chi connectivity index (χ2v) is 3.75. The zero-order valence-corrected chi connectivity index (χ0v) is 8.64. The van der Waals surface area contributed by atoms with E-state index in [-0.39, 0.29) is 0 Å². The van der Waals surface area contributed by atoms with Crippen LogP contribution < -0.4 is 0 Å². The SMILES string of the molecule is c1cc2[nH]ncc2cc1CCc1cn[nH]n1. The van der Waals surface area contributed by atoms with Crippen LogP contribution >= 0.6 is 0 Å². The fourth-order valence-electron chi connectivity index (χ4n) is 1.77. The van der Waals surface area contributed by atoms with Crippen molar-refractivity contribution in [2.45, 2.75) is 12.8 Å². The van der Waals surface area contributed by atoms with E-state index in [1.165, 1.54) is 5.56 Å². The average Bonchev–Trinajstić information content (AvgIpc) is 2.97. The Bertz CT molecular complexity index is 581. The third-order valence-electron chi connectivity index (χ3n) is 2.64. The largest absolute Gasteiger partial charge is 0.278 e. The van der Waals surface area contributed by atoms with Gasteiger partial charge in [0.05, 0.1) is 23.6 Å². The Morgan fingerprint density at radius 3 is 2.94 bits per heavy atom. The molecule has 0 saturated heterocycles. The summed E-state index contributed by atoms with van der Waals surface area (Å²) in [6, 6.07) is 6.32. The van der Waals surface area contributed by atoms with E-state index in [1.807, 2.05) is 6.20 Å². The minimum absolute atomic E-state index is 0.903. The van der Waals surface area contributed by atoms with Crippen LogP contribution in [0.25, 0.3) is 10.9 Å². The Morgan fingerprint density at radius 1 is 1.06 bits per heavy atom. The van der Waals surface area contributed by atoms with Crippen LogP contribution in [0.1, 0.15) is 11.3 Å². The molecule has 0 bridgehead atoms. The first-order valence-corrected chi connectivity index (χ1v) is 5.18. The maximum Gasteiger partial charge on any atom is 0.0828 e. The lowest BCUT2D eigenvalue weighted by Crippen LogP contribution is -1.91. The van der Waals surface area contributed by atoms with E-state index in [1.54, 1.807) is 6.20 Å². The van der Waals surface area contributed by atoms with Crippen molar-refractivity contribution in [1.82, 2.24) is 25.6 Å². The number of rotatable bonds is 3. The summed E-state index contributed by atoms with van der Waals surface area (Å²) in [4.78, 5) is 0. The smallest absolute Gasteiger partial charge is 0.0828 e. The molecule has 1 aromatic carbocycles. The Balaban J connectivity index is 1.78. The Morgan fingerprint density at radius 2 is 2.06 bits per heavy atom. The zero-order valence-electron chi connectivity index (χ0n) is 8.64. The zero-order chi connectivity index (χ0) is 10.8. The lowest BCUT2D eigenvalue weighted by Gasteiger charge is -1.98. The van der Waals surface area contributed by atoms with Crippen molar-refractivity contribution in [3.8, 4) is 0 Å². The number of aromatic amines is 2. The molecule has 0 saturated carbocycles. The normalized spacial score (nSPS) is 11.0. The number of nitrogens with one attached hydrogen (secondary N) is 2. The van der Waals surface area contributed by atoms with Crippen molar-refractivity contribution in [3.05, 3.63) is 41.9 Å². The maximum absolute atomic E-state index is 4.03. The molecule has 80 valence electrons. The second-order valence-electron chi connectivity index (χ2n) is 3.75. The molecule has 16 heavy (non-hydrogen) atoms. The minimum atomic E-state index is 0.903. The molecule has 0 aliphatic carbocycles. The summed E-state index contributed by atoms with van der Waals surface area (Å²) in [7, 11) is 0. The maximum atomic E-state index is 4.03. The quantitative estimate of drug-likeness (QED) is 0.692. The van der Waals surface area contributed by atoms with E-state index < -0.39 is 0 Å². The fraction of sp³-hybridized carbons (Fsp3) is 0.182. The summed E-state index contributed by atoms with van der Waals surface area (Å²) >= 11 is 0. The number of hydrogen-bond donors (Lipinski definition) is 2. The van der Waals surface area contributed by atoms with Crippen LogP contribution in [0.15, 0.2) is 30.6 Å². The van der Waals surface area contributed by atoms with Gasteiger partial charge in [-0.3, -0.25) is 5.10 Å². The molecule has 0 fully saturated rings. The van der Waals surface area contributed by atoms with Gasteiger partial charge in [-0.1, -0.05) is 6.07 Å². The number of H-pyrrole nitrogens is 2. The molecule has 0 spiro atoms. The summed E-state index contributed by atoms with van der Waals surface area (Å²) in [5, 5.41) is 18.5. The molecule has 0 radical (unpaired) electrons. The summed E-state index contributed by atoms with van der Waals surface area (Å²) in [5.74, 6) is 0. The molecule has 3 aromatic rings. The van der Waals surface area contributed by atoms with Crippen LogP contribution in [0.4, 0.5) is 0 Å². The number of aromatic nitrogens is 5. The number of fused-ring (bicyclic) bond motifs is 1. The highest BCUT2D eigenvalue weighted by Gasteiger charge is 2.00. The lowest BCUT2D eigenvalue weighted by molar-refractivity contribution is 0.872. The van der Waals surface area contributed by atoms with Gasteiger partial charge in [0.25, 0.3) is 0 Å². The molecule has 0 amide bonds. The fourth-order valence-corrected chi connectivity index (χ4v) is 1.77. The number of nitrogens with zero attached hydrogens (tertiary/aromatic N) is 3. The van der Waals surface area contributed by atoms with Crippen LogP contribution in [0.2, 0.25) is 0 Å². The standard InChI is InChI=1S/C11H11N5/c1(3-10-7-13-16-14-10)8-2-4-11-9(5-8)6-12-15-11/h2,4-7H,1,3H2,(H,12,15)(H,13,14,16).